The van der Waals surface area contributed by atoms with E-state index in [1.165, 1.54) is 0 Å². The van der Waals surface area contributed by atoms with E-state index in [2.05, 4.69) is 13.8 Å². The van der Waals surface area contributed by atoms with Crippen LogP contribution in [0.25, 0.3) is 0 Å². The van der Waals surface area contributed by atoms with E-state index in [0.29, 0.717) is 11.6 Å². The van der Waals surface area contributed by atoms with Crippen molar-refractivity contribution in [3.63, 3.8) is 0 Å². The summed E-state index contributed by atoms with van der Waals surface area (Å²) in [6.45, 7) is 5.88. The first kappa shape index (κ1) is 15.3. The topological polar surface area (TPSA) is 35.2 Å². The van der Waals surface area contributed by atoms with Crippen LogP contribution in [-0.4, -0.2) is 13.2 Å². The predicted octanol–water partition coefficient (Wildman–Crippen LogP) is 4.26. The Morgan fingerprint density at radius 2 is 1.89 bits per heavy atom. The van der Waals surface area contributed by atoms with Crippen molar-refractivity contribution in [1.29, 1.82) is 0 Å². The summed E-state index contributed by atoms with van der Waals surface area (Å²) in [5.74, 6) is 0.769. The molecule has 1 rings (SSSR count). The SMILES string of the molecule is CCC(CC)(CN)CCCOc1ccccc1Cl. The molecule has 1 aromatic rings. The molecule has 0 radical (unpaired) electrons. The van der Waals surface area contributed by atoms with Crippen LogP contribution in [0.4, 0.5) is 0 Å². The molecular formula is C15H24ClNO. The second-order valence-corrected chi connectivity index (χ2v) is 5.20. The molecule has 0 aliphatic heterocycles. The molecule has 0 aromatic heterocycles. The van der Waals surface area contributed by atoms with Crippen molar-refractivity contribution in [2.24, 2.45) is 11.1 Å². The molecule has 0 heterocycles. The third-order valence-corrected chi connectivity index (χ3v) is 4.19. The van der Waals surface area contributed by atoms with Gasteiger partial charge in [0, 0.05) is 0 Å². The molecule has 0 spiro atoms. The van der Waals surface area contributed by atoms with Gasteiger partial charge >= 0.3 is 0 Å². The summed E-state index contributed by atoms with van der Waals surface area (Å²) < 4.78 is 5.69. The Morgan fingerprint density at radius 3 is 2.44 bits per heavy atom. The van der Waals surface area contributed by atoms with Crippen LogP contribution in [0.15, 0.2) is 24.3 Å². The lowest BCUT2D eigenvalue weighted by Crippen LogP contribution is -2.29. The summed E-state index contributed by atoms with van der Waals surface area (Å²) in [6.07, 6.45) is 4.39. The number of nitrogens with two attached hydrogens (primary N) is 1. The third kappa shape index (κ3) is 4.18. The van der Waals surface area contributed by atoms with Crippen molar-refractivity contribution in [3.8, 4) is 5.75 Å². The average molecular weight is 270 g/mol. The minimum Gasteiger partial charge on any atom is -0.492 e. The summed E-state index contributed by atoms with van der Waals surface area (Å²) in [6, 6.07) is 7.59. The highest BCUT2D eigenvalue weighted by atomic mass is 35.5. The van der Waals surface area contributed by atoms with Crippen LogP contribution in [0.3, 0.4) is 0 Å². The Bertz CT molecular complexity index is 342. The summed E-state index contributed by atoms with van der Waals surface area (Å²) in [7, 11) is 0. The van der Waals surface area contributed by atoms with E-state index in [-0.39, 0.29) is 5.41 Å². The minimum absolute atomic E-state index is 0.282. The molecule has 0 unspecified atom stereocenters. The standard InChI is InChI=1S/C15H24ClNO/c1-3-15(4-2,12-17)10-7-11-18-14-9-6-5-8-13(14)16/h5-6,8-9H,3-4,7,10-12,17H2,1-2H3. The second-order valence-electron chi connectivity index (χ2n) is 4.79. The fourth-order valence-corrected chi connectivity index (χ4v) is 2.38. The highest BCUT2D eigenvalue weighted by Crippen LogP contribution is 2.31. The van der Waals surface area contributed by atoms with Gasteiger partial charge in [-0.05, 0) is 49.8 Å². The van der Waals surface area contributed by atoms with E-state index in [0.717, 1.165) is 38.0 Å². The summed E-state index contributed by atoms with van der Waals surface area (Å²) in [5, 5.41) is 0.675. The maximum Gasteiger partial charge on any atom is 0.137 e. The first-order valence-electron chi connectivity index (χ1n) is 6.75. The zero-order valence-electron chi connectivity index (χ0n) is 11.4. The van der Waals surface area contributed by atoms with Gasteiger partial charge in [0.15, 0.2) is 0 Å². The van der Waals surface area contributed by atoms with Gasteiger partial charge in [0.1, 0.15) is 5.75 Å². The molecule has 3 heteroatoms. The summed E-state index contributed by atoms with van der Waals surface area (Å²) in [5.41, 5.74) is 6.17. The quantitative estimate of drug-likeness (QED) is 0.716. The molecule has 0 aliphatic carbocycles. The van der Waals surface area contributed by atoms with E-state index in [1.807, 2.05) is 24.3 Å². The van der Waals surface area contributed by atoms with Crippen molar-refractivity contribution >= 4 is 11.6 Å². The van der Waals surface area contributed by atoms with Gasteiger partial charge in [0.2, 0.25) is 0 Å². The van der Waals surface area contributed by atoms with Gasteiger partial charge in [0.05, 0.1) is 11.6 Å². The largest absolute Gasteiger partial charge is 0.492 e. The Labute approximate surface area is 115 Å². The number of ether oxygens (including phenoxy) is 1. The molecule has 102 valence electrons. The average Bonchev–Trinajstić information content (AvgIpc) is 2.42. The van der Waals surface area contributed by atoms with Crippen LogP contribution in [0.1, 0.15) is 39.5 Å². The van der Waals surface area contributed by atoms with E-state index in [1.54, 1.807) is 0 Å². The second kappa shape index (κ2) is 7.65. The van der Waals surface area contributed by atoms with Gasteiger partial charge in [-0.25, -0.2) is 0 Å². The number of benzene rings is 1. The molecule has 0 bridgehead atoms. The Morgan fingerprint density at radius 1 is 1.22 bits per heavy atom. The molecule has 2 N–H and O–H groups in total. The van der Waals surface area contributed by atoms with Gasteiger partial charge in [0.25, 0.3) is 0 Å². The maximum absolute atomic E-state index is 6.03. The Kier molecular flexibility index (Phi) is 6.51. The van der Waals surface area contributed by atoms with E-state index in [9.17, 15) is 0 Å². The maximum atomic E-state index is 6.03. The lowest BCUT2D eigenvalue weighted by molar-refractivity contribution is 0.213. The van der Waals surface area contributed by atoms with Crippen LogP contribution in [0.2, 0.25) is 5.02 Å². The van der Waals surface area contributed by atoms with Gasteiger partial charge < -0.3 is 10.5 Å². The first-order valence-corrected chi connectivity index (χ1v) is 7.12. The number of rotatable bonds is 8. The number of hydrogen-bond acceptors (Lipinski definition) is 2. The minimum atomic E-state index is 0.282. The number of para-hydroxylation sites is 1. The molecule has 18 heavy (non-hydrogen) atoms. The monoisotopic (exact) mass is 269 g/mol. The van der Waals surface area contributed by atoms with E-state index in [4.69, 9.17) is 22.1 Å². The fourth-order valence-electron chi connectivity index (χ4n) is 2.19. The normalized spacial score (nSPS) is 11.6. The molecule has 0 amide bonds. The molecule has 1 aromatic carbocycles. The molecule has 0 aliphatic rings. The zero-order valence-corrected chi connectivity index (χ0v) is 12.2. The third-order valence-electron chi connectivity index (χ3n) is 3.88. The van der Waals surface area contributed by atoms with Gasteiger partial charge in [-0.1, -0.05) is 37.6 Å². The molecular weight excluding hydrogens is 246 g/mol. The highest BCUT2D eigenvalue weighted by molar-refractivity contribution is 6.32. The smallest absolute Gasteiger partial charge is 0.137 e. The van der Waals surface area contributed by atoms with Crippen molar-refractivity contribution in [2.45, 2.75) is 39.5 Å². The number of hydrogen-bond donors (Lipinski definition) is 1. The van der Waals surface area contributed by atoms with Crippen molar-refractivity contribution in [2.75, 3.05) is 13.2 Å². The summed E-state index contributed by atoms with van der Waals surface area (Å²) >= 11 is 6.03. The summed E-state index contributed by atoms with van der Waals surface area (Å²) in [4.78, 5) is 0. The molecule has 0 saturated carbocycles. The van der Waals surface area contributed by atoms with Crippen LogP contribution < -0.4 is 10.5 Å². The predicted molar refractivity (Wildman–Crippen MR) is 78.3 cm³/mol. The molecule has 2 nitrogen and oxygen atoms in total. The van der Waals surface area contributed by atoms with Crippen molar-refractivity contribution in [3.05, 3.63) is 29.3 Å². The highest BCUT2D eigenvalue weighted by Gasteiger charge is 2.23. The van der Waals surface area contributed by atoms with Gasteiger partial charge in [-0.15, -0.1) is 0 Å². The Hall–Kier alpha value is -0.730. The van der Waals surface area contributed by atoms with Gasteiger partial charge in [-0.3, -0.25) is 0 Å². The van der Waals surface area contributed by atoms with E-state index < -0.39 is 0 Å². The fraction of sp³-hybridized carbons (Fsp3) is 0.600. The molecule has 0 fully saturated rings. The van der Waals surface area contributed by atoms with Crippen LogP contribution in [0.5, 0.6) is 5.75 Å². The van der Waals surface area contributed by atoms with Crippen molar-refractivity contribution < 1.29 is 4.74 Å². The zero-order chi connectivity index (χ0) is 13.4. The lowest BCUT2D eigenvalue weighted by atomic mass is 9.78. The molecule has 0 atom stereocenters. The van der Waals surface area contributed by atoms with Crippen LogP contribution in [-0.2, 0) is 0 Å². The first-order chi connectivity index (χ1) is 8.67. The van der Waals surface area contributed by atoms with Crippen LogP contribution in [0, 0.1) is 5.41 Å². The van der Waals surface area contributed by atoms with Gasteiger partial charge in [-0.2, -0.15) is 0 Å². The van der Waals surface area contributed by atoms with E-state index >= 15 is 0 Å². The van der Waals surface area contributed by atoms with Crippen LogP contribution >= 0.6 is 11.6 Å². The number of halogens is 1. The lowest BCUT2D eigenvalue weighted by Gasteiger charge is -2.30. The molecule has 0 saturated heterocycles. The van der Waals surface area contributed by atoms with Crippen molar-refractivity contribution in [1.82, 2.24) is 0 Å². The Balaban J connectivity index is 2.37.